The van der Waals surface area contributed by atoms with E-state index in [0.717, 1.165) is 4.43 Å². The first-order valence-corrected chi connectivity index (χ1v) is 4.91. The van der Waals surface area contributed by atoms with Gasteiger partial charge in [0.1, 0.15) is 18.4 Å². The van der Waals surface area contributed by atoms with Crippen molar-refractivity contribution >= 4 is 22.6 Å². The quantitative estimate of drug-likeness (QED) is 0.525. The number of alkyl halides is 1. The zero-order valence-electron chi connectivity index (χ0n) is 6.24. The summed E-state index contributed by atoms with van der Waals surface area (Å²) in [4.78, 5) is 0. The lowest BCUT2D eigenvalue weighted by Crippen LogP contribution is -2.38. The molecular weight excluding hydrogens is 261 g/mol. The average Bonchev–Trinajstić information content (AvgIpc) is 2.28. The molecule has 5 heteroatoms. The predicted molar refractivity (Wildman–Crippen MR) is 48.5 cm³/mol. The van der Waals surface area contributed by atoms with Crippen molar-refractivity contribution < 1.29 is 14.6 Å². The van der Waals surface area contributed by atoms with E-state index in [2.05, 4.69) is 22.6 Å². The first kappa shape index (κ1) is 9.66. The fourth-order valence-corrected chi connectivity index (χ4v) is 1.89. The van der Waals surface area contributed by atoms with Gasteiger partial charge in [0.15, 0.2) is 0 Å². The normalized spacial score (nSPS) is 44.7. The molecule has 1 saturated heterocycles. The van der Waals surface area contributed by atoms with Crippen LogP contribution in [0.4, 0.5) is 0 Å². The fraction of sp³-hybridized carbons (Fsp3) is 1.00. The molecule has 11 heavy (non-hydrogen) atoms. The van der Waals surface area contributed by atoms with Crippen molar-refractivity contribution in [2.24, 2.45) is 5.73 Å². The fourth-order valence-electron chi connectivity index (χ4n) is 1.18. The van der Waals surface area contributed by atoms with Gasteiger partial charge in [-0.05, 0) is 0 Å². The molecule has 1 heterocycles. The minimum absolute atomic E-state index is 0.0781. The van der Waals surface area contributed by atoms with Gasteiger partial charge >= 0.3 is 0 Å². The van der Waals surface area contributed by atoms with Gasteiger partial charge in [0.05, 0.1) is 6.10 Å². The van der Waals surface area contributed by atoms with Gasteiger partial charge < -0.3 is 20.3 Å². The molecule has 0 spiro atoms. The molecule has 1 aliphatic heterocycles. The molecule has 2 unspecified atom stereocenters. The SMILES string of the molecule is COC1C(O)[C@H](N)O[C@@H]1CI. The molecule has 4 nitrogen and oxygen atoms in total. The zero-order chi connectivity index (χ0) is 8.43. The van der Waals surface area contributed by atoms with Gasteiger partial charge in [-0.25, -0.2) is 0 Å². The van der Waals surface area contributed by atoms with Crippen molar-refractivity contribution in [1.82, 2.24) is 0 Å². The van der Waals surface area contributed by atoms with E-state index < -0.39 is 12.3 Å². The minimum atomic E-state index is -0.695. The highest BCUT2D eigenvalue weighted by atomic mass is 127. The van der Waals surface area contributed by atoms with Crippen molar-refractivity contribution in [1.29, 1.82) is 0 Å². The minimum Gasteiger partial charge on any atom is -0.386 e. The van der Waals surface area contributed by atoms with Crippen LogP contribution in [0.15, 0.2) is 0 Å². The Bertz CT molecular complexity index is 135. The summed E-state index contributed by atoms with van der Waals surface area (Å²) in [5.74, 6) is 0. The molecule has 0 saturated carbocycles. The van der Waals surface area contributed by atoms with E-state index in [9.17, 15) is 5.11 Å². The molecule has 0 amide bonds. The maximum Gasteiger partial charge on any atom is 0.135 e. The highest BCUT2D eigenvalue weighted by Crippen LogP contribution is 2.21. The number of hydrogen-bond acceptors (Lipinski definition) is 4. The largest absolute Gasteiger partial charge is 0.386 e. The number of aliphatic hydroxyl groups excluding tert-OH is 1. The third kappa shape index (κ3) is 1.83. The second-order valence-electron chi connectivity index (χ2n) is 2.48. The Labute approximate surface area is 79.2 Å². The molecule has 0 aliphatic carbocycles. The maximum absolute atomic E-state index is 9.38. The van der Waals surface area contributed by atoms with Crippen LogP contribution in [-0.2, 0) is 9.47 Å². The van der Waals surface area contributed by atoms with E-state index in [0.29, 0.717) is 0 Å². The molecular formula is C6H12INO3. The Morgan fingerprint density at radius 3 is 2.73 bits per heavy atom. The van der Waals surface area contributed by atoms with Gasteiger partial charge in [0.25, 0.3) is 0 Å². The lowest BCUT2D eigenvalue weighted by molar-refractivity contribution is -0.00161. The summed E-state index contributed by atoms with van der Waals surface area (Å²) in [6.45, 7) is 0. The molecule has 0 aromatic rings. The van der Waals surface area contributed by atoms with E-state index in [1.807, 2.05) is 0 Å². The topological polar surface area (TPSA) is 64.7 Å². The highest BCUT2D eigenvalue weighted by molar-refractivity contribution is 14.1. The van der Waals surface area contributed by atoms with Crippen LogP contribution in [0.5, 0.6) is 0 Å². The Kier molecular flexibility index (Phi) is 3.51. The van der Waals surface area contributed by atoms with Crippen LogP contribution >= 0.6 is 22.6 Å². The summed E-state index contributed by atoms with van der Waals surface area (Å²) in [5, 5.41) is 9.38. The highest BCUT2D eigenvalue weighted by Gasteiger charge is 2.41. The monoisotopic (exact) mass is 273 g/mol. The summed E-state index contributed by atoms with van der Waals surface area (Å²) in [6, 6.07) is 0. The average molecular weight is 273 g/mol. The van der Waals surface area contributed by atoms with Crippen LogP contribution in [0.3, 0.4) is 0 Å². The number of aliphatic hydroxyl groups is 1. The van der Waals surface area contributed by atoms with E-state index in [1.165, 1.54) is 0 Å². The van der Waals surface area contributed by atoms with Crippen LogP contribution in [0.1, 0.15) is 0 Å². The second kappa shape index (κ2) is 3.99. The van der Waals surface area contributed by atoms with Crippen LogP contribution in [-0.4, -0.2) is 41.2 Å². The lowest BCUT2D eigenvalue weighted by Gasteiger charge is -2.15. The van der Waals surface area contributed by atoms with E-state index >= 15 is 0 Å². The number of methoxy groups -OCH3 is 1. The van der Waals surface area contributed by atoms with Crippen molar-refractivity contribution in [3.8, 4) is 0 Å². The van der Waals surface area contributed by atoms with Crippen molar-refractivity contribution in [3.05, 3.63) is 0 Å². The molecule has 3 N–H and O–H groups in total. The molecule has 0 radical (unpaired) electrons. The molecule has 1 aliphatic rings. The Morgan fingerprint density at radius 1 is 1.73 bits per heavy atom. The summed E-state index contributed by atoms with van der Waals surface area (Å²) < 4.78 is 11.0. The number of ether oxygens (including phenoxy) is 2. The smallest absolute Gasteiger partial charge is 0.135 e. The van der Waals surface area contributed by atoms with Crippen molar-refractivity contribution in [2.75, 3.05) is 11.5 Å². The van der Waals surface area contributed by atoms with Gasteiger partial charge in [-0.2, -0.15) is 0 Å². The van der Waals surface area contributed by atoms with Gasteiger partial charge in [0, 0.05) is 11.5 Å². The number of rotatable bonds is 2. The van der Waals surface area contributed by atoms with Crippen LogP contribution in [0.25, 0.3) is 0 Å². The molecule has 66 valence electrons. The van der Waals surface area contributed by atoms with Gasteiger partial charge in [-0.15, -0.1) is 0 Å². The summed E-state index contributed by atoms with van der Waals surface area (Å²) in [5.41, 5.74) is 5.45. The summed E-state index contributed by atoms with van der Waals surface area (Å²) in [7, 11) is 1.55. The van der Waals surface area contributed by atoms with Crippen LogP contribution < -0.4 is 5.73 Å². The molecule has 0 aromatic carbocycles. The van der Waals surface area contributed by atoms with Gasteiger partial charge in [-0.3, -0.25) is 0 Å². The first-order valence-electron chi connectivity index (χ1n) is 3.38. The maximum atomic E-state index is 9.38. The third-order valence-corrected chi connectivity index (χ3v) is 2.66. The number of nitrogens with two attached hydrogens (primary N) is 1. The predicted octanol–water partition coefficient (Wildman–Crippen LogP) is -0.519. The molecule has 0 bridgehead atoms. The van der Waals surface area contributed by atoms with Crippen LogP contribution in [0.2, 0.25) is 0 Å². The lowest BCUT2D eigenvalue weighted by atomic mass is 10.1. The first-order chi connectivity index (χ1) is 5.20. The van der Waals surface area contributed by atoms with Crippen molar-refractivity contribution in [3.63, 3.8) is 0 Å². The van der Waals surface area contributed by atoms with Crippen molar-refractivity contribution in [2.45, 2.75) is 24.5 Å². The van der Waals surface area contributed by atoms with Crippen LogP contribution in [0, 0.1) is 0 Å². The zero-order valence-corrected chi connectivity index (χ0v) is 8.39. The van der Waals surface area contributed by atoms with E-state index in [-0.39, 0.29) is 12.2 Å². The Hall–Kier alpha value is 0.570. The molecule has 0 aromatic heterocycles. The number of hydrogen-bond donors (Lipinski definition) is 2. The van der Waals surface area contributed by atoms with E-state index in [1.54, 1.807) is 7.11 Å². The summed E-state index contributed by atoms with van der Waals surface area (Å²) >= 11 is 2.18. The Balaban J connectivity index is 2.57. The third-order valence-electron chi connectivity index (χ3n) is 1.80. The standard InChI is InChI=1S/C6H12INO3/c1-10-5-3(2-7)11-6(8)4(5)9/h3-6,9H,2,8H2,1H3/t3-,4?,5?,6-/m1/s1. The van der Waals surface area contributed by atoms with Gasteiger partial charge in [0.2, 0.25) is 0 Å². The second-order valence-corrected chi connectivity index (χ2v) is 3.37. The Morgan fingerprint density at radius 2 is 2.36 bits per heavy atom. The molecule has 1 rings (SSSR count). The molecule has 1 fully saturated rings. The molecule has 4 atom stereocenters. The van der Waals surface area contributed by atoms with E-state index in [4.69, 9.17) is 15.2 Å². The number of halogens is 1. The van der Waals surface area contributed by atoms with Gasteiger partial charge in [-0.1, -0.05) is 22.6 Å². The summed E-state index contributed by atoms with van der Waals surface area (Å²) in [6.07, 6.45) is -1.65.